The van der Waals surface area contributed by atoms with Crippen molar-refractivity contribution in [3.05, 3.63) is 24.0 Å². The van der Waals surface area contributed by atoms with Crippen molar-refractivity contribution in [1.82, 2.24) is 15.3 Å². The average Bonchev–Trinajstić information content (AvgIpc) is 2.58. The highest BCUT2D eigenvalue weighted by atomic mass is 16.6. The number of hydrogen-bond acceptors (Lipinski definition) is 3. The van der Waals surface area contributed by atoms with Crippen LogP contribution in [0.5, 0.6) is 0 Å². The van der Waals surface area contributed by atoms with Gasteiger partial charge in [0.1, 0.15) is 0 Å². The summed E-state index contributed by atoms with van der Waals surface area (Å²) in [6.45, 7) is 2.25. The summed E-state index contributed by atoms with van der Waals surface area (Å²) in [6.07, 6.45) is 4.73. The minimum Gasteiger partial charge on any atom is -0.274 e. The first-order valence-electron chi connectivity index (χ1n) is 4.32. The van der Waals surface area contributed by atoms with Crippen LogP contribution in [0.4, 0.5) is 0 Å². The van der Waals surface area contributed by atoms with Gasteiger partial charge in [0.2, 0.25) is 0 Å². The van der Waals surface area contributed by atoms with Gasteiger partial charge in [-0.25, -0.2) is 5.48 Å². The van der Waals surface area contributed by atoms with Gasteiger partial charge < -0.3 is 0 Å². The third-order valence-corrected chi connectivity index (χ3v) is 1.58. The number of aromatic nitrogens is 2. The minimum atomic E-state index is -0.284. The summed E-state index contributed by atoms with van der Waals surface area (Å²) in [7, 11) is 1.81. The van der Waals surface area contributed by atoms with Crippen LogP contribution in [0.2, 0.25) is 0 Å². The Labute approximate surface area is 82.3 Å². The highest BCUT2D eigenvalue weighted by Gasteiger charge is 1.95. The predicted molar refractivity (Wildman–Crippen MR) is 52.0 cm³/mol. The van der Waals surface area contributed by atoms with Gasteiger partial charge in [-0.05, 0) is 19.1 Å². The second-order valence-electron chi connectivity index (χ2n) is 2.61. The van der Waals surface area contributed by atoms with Crippen LogP contribution in [-0.2, 0) is 16.7 Å². The SMILES string of the molecule is CCONC(=O)C=Cc1ccnn1C. The molecule has 1 N–H and O–H groups in total. The maximum atomic E-state index is 11.1. The molecule has 0 spiro atoms. The molecule has 0 aliphatic rings. The standard InChI is InChI=1S/C9H13N3O2/c1-3-14-11-9(13)5-4-8-6-7-10-12(8)2/h4-7H,3H2,1-2H3,(H,11,13). The number of aryl methyl sites for hydroxylation is 1. The topological polar surface area (TPSA) is 56.1 Å². The molecule has 1 heterocycles. The second-order valence-corrected chi connectivity index (χ2v) is 2.61. The van der Waals surface area contributed by atoms with Gasteiger partial charge in [-0.15, -0.1) is 0 Å². The molecule has 1 aromatic heterocycles. The van der Waals surface area contributed by atoms with Crippen molar-refractivity contribution in [1.29, 1.82) is 0 Å². The van der Waals surface area contributed by atoms with Crippen molar-refractivity contribution < 1.29 is 9.63 Å². The van der Waals surface area contributed by atoms with Gasteiger partial charge in [0.15, 0.2) is 0 Å². The van der Waals surface area contributed by atoms with Crippen LogP contribution < -0.4 is 5.48 Å². The number of nitrogens with zero attached hydrogens (tertiary/aromatic N) is 2. The zero-order valence-electron chi connectivity index (χ0n) is 8.23. The number of carbonyl (C=O) groups is 1. The molecule has 5 nitrogen and oxygen atoms in total. The van der Waals surface area contributed by atoms with E-state index in [1.807, 2.05) is 6.07 Å². The van der Waals surface area contributed by atoms with Crippen molar-refractivity contribution in [3.63, 3.8) is 0 Å². The van der Waals surface area contributed by atoms with Crippen LogP contribution in [0.25, 0.3) is 6.08 Å². The predicted octanol–water partition coefficient (Wildman–Crippen LogP) is 0.501. The fraction of sp³-hybridized carbons (Fsp3) is 0.333. The Bertz CT molecular complexity index is 331. The monoisotopic (exact) mass is 195 g/mol. The summed E-state index contributed by atoms with van der Waals surface area (Å²) in [5.74, 6) is -0.284. The van der Waals surface area contributed by atoms with Gasteiger partial charge in [0, 0.05) is 19.3 Å². The molecule has 0 atom stereocenters. The van der Waals surface area contributed by atoms with Crippen molar-refractivity contribution >= 4 is 12.0 Å². The van der Waals surface area contributed by atoms with Gasteiger partial charge in [0.25, 0.3) is 5.91 Å². The molecule has 76 valence electrons. The first-order valence-corrected chi connectivity index (χ1v) is 4.32. The number of amides is 1. The van der Waals surface area contributed by atoms with Gasteiger partial charge in [-0.2, -0.15) is 5.10 Å². The number of rotatable bonds is 4. The lowest BCUT2D eigenvalue weighted by Crippen LogP contribution is -2.21. The van der Waals surface area contributed by atoms with E-state index >= 15 is 0 Å². The quantitative estimate of drug-likeness (QED) is 0.562. The van der Waals surface area contributed by atoms with Crippen LogP contribution in [0.3, 0.4) is 0 Å². The lowest BCUT2D eigenvalue weighted by atomic mass is 10.4. The Morgan fingerprint density at radius 1 is 1.79 bits per heavy atom. The fourth-order valence-corrected chi connectivity index (χ4v) is 0.886. The van der Waals surface area contributed by atoms with Gasteiger partial charge in [-0.1, -0.05) is 0 Å². The maximum absolute atomic E-state index is 11.1. The largest absolute Gasteiger partial charge is 0.274 e. The Morgan fingerprint density at radius 2 is 2.57 bits per heavy atom. The summed E-state index contributed by atoms with van der Waals surface area (Å²) in [5.41, 5.74) is 3.12. The van der Waals surface area contributed by atoms with E-state index < -0.39 is 0 Å². The van der Waals surface area contributed by atoms with E-state index in [-0.39, 0.29) is 5.91 Å². The molecule has 0 aliphatic carbocycles. The van der Waals surface area contributed by atoms with E-state index in [2.05, 4.69) is 10.6 Å². The Kier molecular flexibility index (Phi) is 3.87. The van der Waals surface area contributed by atoms with Gasteiger partial charge in [-0.3, -0.25) is 14.3 Å². The molecule has 1 rings (SSSR count). The summed E-state index contributed by atoms with van der Waals surface area (Å²) in [6, 6.07) is 1.81. The first kappa shape index (κ1) is 10.5. The molecule has 0 fully saturated rings. The lowest BCUT2D eigenvalue weighted by molar-refractivity contribution is -0.127. The Balaban J connectivity index is 2.48. The first-order chi connectivity index (χ1) is 6.74. The summed E-state index contributed by atoms with van der Waals surface area (Å²) in [4.78, 5) is 15.8. The molecule has 14 heavy (non-hydrogen) atoms. The van der Waals surface area contributed by atoms with E-state index in [9.17, 15) is 4.79 Å². The zero-order valence-corrected chi connectivity index (χ0v) is 8.23. The fourth-order valence-electron chi connectivity index (χ4n) is 0.886. The molecular formula is C9H13N3O2. The molecule has 0 saturated heterocycles. The summed E-state index contributed by atoms with van der Waals surface area (Å²) < 4.78 is 1.67. The Hall–Kier alpha value is -1.62. The molecule has 0 aromatic carbocycles. The molecule has 1 amide bonds. The molecule has 0 radical (unpaired) electrons. The lowest BCUT2D eigenvalue weighted by Gasteiger charge is -1.98. The molecule has 0 bridgehead atoms. The van der Waals surface area contributed by atoms with E-state index in [1.165, 1.54) is 6.08 Å². The van der Waals surface area contributed by atoms with Crippen molar-refractivity contribution in [2.45, 2.75) is 6.92 Å². The van der Waals surface area contributed by atoms with Crippen LogP contribution in [0.1, 0.15) is 12.6 Å². The molecular weight excluding hydrogens is 182 g/mol. The highest BCUT2D eigenvalue weighted by Crippen LogP contribution is 1.98. The molecule has 0 aliphatic heterocycles. The van der Waals surface area contributed by atoms with Crippen molar-refractivity contribution in [2.75, 3.05) is 6.61 Å². The zero-order chi connectivity index (χ0) is 10.4. The van der Waals surface area contributed by atoms with Crippen molar-refractivity contribution in [2.24, 2.45) is 7.05 Å². The minimum absolute atomic E-state index is 0.284. The normalized spacial score (nSPS) is 10.7. The van der Waals surface area contributed by atoms with Crippen LogP contribution in [-0.4, -0.2) is 22.3 Å². The third kappa shape index (κ3) is 3.02. The Morgan fingerprint density at radius 3 is 3.14 bits per heavy atom. The maximum Gasteiger partial charge on any atom is 0.267 e. The van der Waals surface area contributed by atoms with Gasteiger partial charge in [0.05, 0.1) is 12.3 Å². The van der Waals surface area contributed by atoms with Crippen LogP contribution >= 0.6 is 0 Å². The number of carbonyl (C=O) groups excluding carboxylic acids is 1. The van der Waals surface area contributed by atoms with E-state index in [4.69, 9.17) is 4.84 Å². The smallest absolute Gasteiger partial charge is 0.267 e. The van der Waals surface area contributed by atoms with Crippen LogP contribution in [0.15, 0.2) is 18.3 Å². The van der Waals surface area contributed by atoms with Gasteiger partial charge >= 0.3 is 0 Å². The number of hydrogen-bond donors (Lipinski definition) is 1. The second kappa shape index (κ2) is 5.18. The number of hydroxylamine groups is 1. The highest BCUT2D eigenvalue weighted by molar-refractivity contribution is 5.90. The van der Waals surface area contributed by atoms with E-state index in [0.29, 0.717) is 6.61 Å². The molecule has 0 unspecified atom stereocenters. The average molecular weight is 195 g/mol. The van der Waals surface area contributed by atoms with E-state index in [1.54, 1.807) is 30.9 Å². The van der Waals surface area contributed by atoms with Crippen molar-refractivity contribution in [3.8, 4) is 0 Å². The van der Waals surface area contributed by atoms with Crippen LogP contribution in [0, 0.1) is 0 Å². The van der Waals surface area contributed by atoms with E-state index in [0.717, 1.165) is 5.69 Å². The summed E-state index contributed by atoms with van der Waals surface area (Å²) >= 11 is 0. The summed E-state index contributed by atoms with van der Waals surface area (Å²) in [5, 5.41) is 3.96. The number of nitrogens with one attached hydrogen (secondary N) is 1. The molecule has 1 aromatic rings. The molecule has 0 saturated carbocycles. The third-order valence-electron chi connectivity index (χ3n) is 1.58. The molecule has 5 heteroatoms.